The average Bonchev–Trinajstić information content (AvgIpc) is 2.42. The van der Waals surface area contributed by atoms with E-state index in [1.807, 2.05) is 0 Å². The summed E-state index contributed by atoms with van der Waals surface area (Å²) in [5, 5.41) is 0.439. The molecule has 18 heavy (non-hydrogen) atoms. The number of pyridine rings is 1. The maximum Gasteiger partial charge on any atom is 0.238 e. The lowest BCUT2D eigenvalue weighted by Gasteiger charge is -2.08. The van der Waals surface area contributed by atoms with Gasteiger partial charge in [0, 0.05) is 12.7 Å². The molecule has 2 aromatic rings. The second-order valence-corrected chi connectivity index (χ2v) is 4.02. The van der Waals surface area contributed by atoms with Crippen LogP contribution in [0.4, 0.5) is 0 Å². The Morgan fingerprint density at radius 1 is 1.22 bits per heavy atom. The molecule has 1 aromatic carbocycles. The molecule has 2 rings (SSSR count). The molecular weight excluding hydrogens is 252 g/mol. The Bertz CT molecular complexity index is 529. The first kappa shape index (κ1) is 12.7. The summed E-state index contributed by atoms with van der Waals surface area (Å²) in [7, 11) is 1.61. The van der Waals surface area contributed by atoms with E-state index in [0.29, 0.717) is 23.2 Å². The summed E-state index contributed by atoms with van der Waals surface area (Å²) >= 11 is 6.05. The number of hydrogen-bond acceptors (Lipinski definition) is 4. The van der Waals surface area contributed by atoms with Crippen molar-refractivity contribution >= 4 is 11.6 Å². The summed E-state index contributed by atoms with van der Waals surface area (Å²) in [4.78, 5) is 4.12. The molecule has 0 spiro atoms. The molecule has 0 saturated heterocycles. The number of benzene rings is 1. The zero-order valence-electron chi connectivity index (χ0n) is 9.89. The Morgan fingerprint density at radius 3 is 2.44 bits per heavy atom. The molecule has 0 atom stereocenters. The highest BCUT2D eigenvalue weighted by molar-refractivity contribution is 6.31. The van der Waals surface area contributed by atoms with Gasteiger partial charge in [-0.05, 0) is 35.9 Å². The van der Waals surface area contributed by atoms with E-state index in [4.69, 9.17) is 26.8 Å². The van der Waals surface area contributed by atoms with Crippen LogP contribution in [0.3, 0.4) is 0 Å². The zero-order valence-corrected chi connectivity index (χ0v) is 10.6. The molecule has 0 saturated carbocycles. The van der Waals surface area contributed by atoms with Gasteiger partial charge in [-0.25, -0.2) is 4.98 Å². The maximum absolute atomic E-state index is 6.05. The van der Waals surface area contributed by atoms with Crippen molar-refractivity contribution in [1.82, 2.24) is 4.98 Å². The fraction of sp³-hybridized carbons (Fsp3) is 0.154. The number of methoxy groups -OCH3 is 1. The normalized spacial score (nSPS) is 10.2. The van der Waals surface area contributed by atoms with Crippen LogP contribution in [0.1, 0.15) is 5.56 Å². The SMILES string of the molecule is COc1ccc(Oc2ncc(CN)cc2Cl)cc1. The van der Waals surface area contributed by atoms with Gasteiger partial charge in [-0.3, -0.25) is 0 Å². The fourth-order valence-electron chi connectivity index (χ4n) is 1.41. The van der Waals surface area contributed by atoms with E-state index in [0.717, 1.165) is 11.3 Å². The van der Waals surface area contributed by atoms with Crippen molar-refractivity contribution in [1.29, 1.82) is 0 Å². The van der Waals surface area contributed by atoms with Gasteiger partial charge >= 0.3 is 0 Å². The van der Waals surface area contributed by atoms with Gasteiger partial charge in [-0.2, -0.15) is 0 Å². The van der Waals surface area contributed by atoms with Crippen molar-refractivity contribution in [3.8, 4) is 17.4 Å². The van der Waals surface area contributed by atoms with Crippen LogP contribution in [-0.4, -0.2) is 12.1 Å². The van der Waals surface area contributed by atoms with E-state index in [1.165, 1.54) is 0 Å². The number of halogens is 1. The molecule has 0 radical (unpaired) electrons. The molecule has 94 valence electrons. The standard InChI is InChI=1S/C13H13ClN2O2/c1-17-10-2-4-11(5-3-10)18-13-12(14)6-9(7-15)8-16-13/h2-6,8H,7,15H2,1H3. The van der Waals surface area contributed by atoms with Crippen LogP contribution in [0.25, 0.3) is 0 Å². The second kappa shape index (κ2) is 5.71. The van der Waals surface area contributed by atoms with Crippen LogP contribution >= 0.6 is 11.6 Å². The van der Waals surface area contributed by atoms with Crippen LogP contribution < -0.4 is 15.2 Å². The van der Waals surface area contributed by atoms with Crippen LogP contribution in [0, 0.1) is 0 Å². The summed E-state index contributed by atoms with van der Waals surface area (Å²) in [6.45, 7) is 0.398. The van der Waals surface area contributed by atoms with Crippen molar-refractivity contribution < 1.29 is 9.47 Å². The maximum atomic E-state index is 6.05. The van der Waals surface area contributed by atoms with E-state index in [9.17, 15) is 0 Å². The van der Waals surface area contributed by atoms with Gasteiger partial charge in [-0.1, -0.05) is 11.6 Å². The Labute approximate surface area is 110 Å². The Hall–Kier alpha value is -1.78. The molecule has 1 aromatic heterocycles. The van der Waals surface area contributed by atoms with Gasteiger partial charge in [0.1, 0.15) is 16.5 Å². The summed E-state index contributed by atoms with van der Waals surface area (Å²) in [6, 6.07) is 8.92. The minimum absolute atomic E-state index is 0.360. The third-order valence-electron chi connectivity index (χ3n) is 2.37. The molecule has 0 aliphatic heterocycles. The fourth-order valence-corrected chi connectivity index (χ4v) is 1.63. The summed E-state index contributed by atoms with van der Waals surface area (Å²) in [5.74, 6) is 1.77. The highest BCUT2D eigenvalue weighted by atomic mass is 35.5. The first-order valence-electron chi connectivity index (χ1n) is 5.39. The topological polar surface area (TPSA) is 57.4 Å². The van der Waals surface area contributed by atoms with Crippen molar-refractivity contribution in [2.45, 2.75) is 6.54 Å². The molecule has 0 aliphatic carbocycles. The van der Waals surface area contributed by atoms with Crippen LogP contribution in [0.2, 0.25) is 5.02 Å². The molecule has 0 aliphatic rings. The monoisotopic (exact) mass is 264 g/mol. The molecular formula is C13H13ClN2O2. The molecule has 0 unspecified atom stereocenters. The molecule has 0 fully saturated rings. The van der Waals surface area contributed by atoms with E-state index >= 15 is 0 Å². The van der Waals surface area contributed by atoms with Crippen molar-refractivity contribution in [3.05, 3.63) is 47.1 Å². The van der Waals surface area contributed by atoms with Crippen LogP contribution in [0.5, 0.6) is 17.4 Å². The van der Waals surface area contributed by atoms with E-state index in [2.05, 4.69) is 4.98 Å². The summed E-state index contributed by atoms with van der Waals surface area (Å²) < 4.78 is 10.6. The van der Waals surface area contributed by atoms with Gasteiger partial charge in [0.05, 0.1) is 7.11 Å². The predicted octanol–water partition coefficient (Wildman–Crippen LogP) is 2.99. The lowest BCUT2D eigenvalue weighted by atomic mass is 10.3. The van der Waals surface area contributed by atoms with E-state index in [-0.39, 0.29) is 0 Å². The number of ether oxygens (including phenoxy) is 2. The quantitative estimate of drug-likeness (QED) is 0.922. The van der Waals surface area contributed by atoms with Gasteiger partial charge in [-0.15, -0.1) is 0 Å². The Morgan fingerprint density at radius 2 is 1.89 bits per heavy atom. The number of aromatic nitrogens is 1. The highest BCUT2D eigenvalue weighted by Crippen LogP contribution is 2.28. The Balaban J connectivity index is 2.17. The van der Waals surface area contributed by atoms with Gasteiger partial charge < -0.3 is 15.2 Å². The molecule has 5 heteroatoms. The minimum atomic E-state index is 0.360. The van der Waals surface area contributed by atoms with Crippen LogP contribution in [0.15, 0.2) is 36.5 Å². The molecule has 0 bridgehead atoms. The van der Waals surface area contributed by atoms with Gasteiger partial charge in [0.15, 0.2) is 0 Å². The van der Waals surface area contributed by atoms with Gasteiger partial charge in [0.25, 0.3) is 0 Å². The van der Waals surface area contributed by atoms with Crippen LogP contribution in [-0.2, 0) is 6.54 Å². The van der Waals surface area contributed by atoms with Crippen molar-refractivity contribution in [3.63, 3.8) is 0 Å². The van der Waals surface area contributed by atoms with E-state index < -0.39 is 0 Å². The zero-order chi connectivity index (χ0) is 13.0. The third kappa shape index (κ3) is 2.91. The summed E-state index contributed by atoms with van der Waals surface area (Å²) in [5.41, 5.74) is 6.36. The lowest BCUT2D eigenvalue weighted by molar-refractivity contribution is 0.412. The number of hydrogen-bond donors (Lipinski definition) is 1. The molecule has 1 heterocycles. The largest absolute Gasteiger partial charge is 0.497 e. The minimum Gasteiger partial charge on any atom is -0.497 e. The third-order valence-corrected chi connectivity index (χ3v) is 2.64. The summed E-state index contributed by atoms with van der Waals surface area (Å²) in [6.07, 6.45) is 1.64. The number of nitrogens with zero attached hydrogens (tertiary/aromatic N) is 1. The average molecular weight is 265 g/mol. The molecule has 0 amide bonds. The number of rotatable bonds is 4. The predicted molar refractivity (Wildman–Crippen MR) is 70.2 cm³/mol. The van der Waals surface area contributed by atoms with Crippen molar-refractivity contribution in [2.75, 3.05) is 7.11 Å². The van der Waals surface area contributed by atoms with E-state index in [1.54, 1.807) is 43.6 Å². The Kier molecular flexibility index (Phi) is 4.02. The highest BCUT2D eigenvalue weighted by Gasteiger charge is 2.06. The second-order valence-electron chi connectivity index (χ2n) is 3.61. The molecule has 4 nitrogen and oxygen atoms in total. The first-order chi connectivity index (χ1) is 8.72. The van der Waals surface area contributed by atoms with Gasteiger partial charge in [0.2, 0.25) is 5.88 Å². The number of nitrogens with two attached hydrogens (primary N) is 1. The lowest BCUT2D eigenvalue weighted by Crippen LogP contribution is -1.98. The molecule has 2 N–H and O–H groups in total. The smallest absolute Gasteiger partial charge is 0.238 e. The van der Waals surface area contributed by atoms with Crippen molar-refractivity contribution in [2.24, 2.45) is 5.73 Å². The first-order valence-corrected chi connectivity index (χ1v) is 5.77.